The van der Waals surface area contributed by atoms with Crippen molar-refractivity contribution in [2.45, 2.75) is 38.5 Å². The molecule has 0 unspecified atom stereocenters. The Morgan fingerprint density at radius 2 is 1.81 bits per heavy atom. The molecule has 5 heteroatoms. The van der Waals surface area contributed by atoms with Crippen LogP contribution in [-0.2, 0) is 11.2 Å². The summed E-state index contributed by atoms with van der Waals surface area (Å²) in [6.07, 6.45) is 6.88. The van der Waals surface area contributed by atoms with Crippen LogP contribution in [0.3, 0.4) is 0 Å². The highest BCUT2D eigenvalue weighted by Gasteiger charge is 2.25. The number of carbonyl (C=O) groups excluding carboxylic acids is 1. The van der Waals surface area contributed by atoms with Crippen LogP contribution in [-0.4, -0.2) is 41.0 Å². The quantitative estimate of drug-likeness (QED) is 0.580. The Kier molecular flexibility index (Phi) is 6.60. The number of aromatic nitrogens is 2. The Morgan fingerprint density at radius 3 is 2.52 bits per heavy atom. The molecule has 5 nitrogen and oxygen atoms in total. The first-order chi connectivity index (χ1) is 15.1. The van der Waals surface area contributed by atoms with Crippen molar-refractivity contribution < 1.29 is 9.53 Å². The van der Waals surface area contributed by atoms with Crippen molar-refractivity contribution in [3.8, 4) is 17.0 Å². The van der Waals surface area contributed by atoms with Gasteiger partial charge in [0, 0.05) is 37.2 Å². The van der Waals surface area contributed by atoms with Gasteiger partial charge in [-0.3, -0.25) is 9.78 Å². The van der Waals surface area contributed by atoms with Gasteiger partial charge in [-0.2, -0.15) is 0 Å². The van der Waals surface area contributed by atoms with Gasteiger partial charge in [0.15, 0.2) is 0 Å². The van der Waals surface area contributed by atoms with E-state index in [2.05, 4.69) is 24.0 Å². The van der Waals surface area contributed by atoms with Gasteiger partial charge in [-0.1, -0.05) is 36.4 Å². The summed E-state index contributed by atoms with van der Waals surface area (Å²) in [6, 6.07) is 16.2. The van der Waals surface area contributed by atoms with Gasteiger partial charge in [-0.05, 0) is 49.4 Å². The van der Waals surface area contributed by atoms with E-state index in [-0.39, 0.29) is 5.91 Å². The van der Waals surface area contributed by atoms with Gasteiger partial charge in [0.2, 0.25) is 5.91 Å². The van der Waals surface area contributed by atoms with Crippen molar-refractivity contribution in [3.05, 3.63) is 77.7 Å². The van der Waals surface area contributed by atoms with E-state index >= 15 is 0 Å². The predicted octanol–water partition coefficient (Wildman–Crippen LogP) is 4.80. The molecule has 2 heterocycles. The standard InChI is InChI=1S/C26H29N3O2/c1-19-5-3-4-6-23(19)25-18-27-17-24(28-25)21-13-15-29(16-14-21)26(30)12-9-20-7-10-22(31-2)11-8-20/h3-8,10-11,17-18,21H,9,12-16H2,1-2H3. The first-order valence-corrected chi connectivity index (χ1v) is 10.9. The van der Waals surface area contributed by atoms with Crippen molar-refractivity contribution in [2.24, 2.45) is 0 Å². The number of aryl methyl sites for hydroxylation is 2. The summed E-state index contributed by atoms with van der Waals surface area (Å²) in [4.78, 5) is 24.1. The average molecular weight is 416 g/mol. The fourth-order valence-corrected chi connectivity index (χ4v) is 4.19. The zero-order valence-electron chi connectivity index (χ0n) is 18.3. The minimum Gasteiger partial charge on any atom is -0.497 e. The molecule has 1 amide bonds. The predicted molar refractivity (Wildman–Crippen MR) is 122 cm³/mol. The molecule has 4 rings (SSSR count). The van der Waals surface area contributed by atoms with Crippen LogP contribution in [0.25, 0.3) is 11.3 Å². The zero-order chi connectivity index (χ0) is 21.6. The second-order valence-corrected chi connectivity index (χ2v) is 8.15. The number of hydrogen-bond acceptors (Lipinski definition) is 4. The van der Waals surface area contributed by atoms with Crippen molar-refractivity contribution >= 4 is 5.91 Å². The topological polar surface area (TPSA) is 55.3 Å². The lowest BCUT2D eigenvalue weighted by Crippen LogP contribution is -2.38. The summed E-state index contributed by atoms with van der Waals surface area (Å²) in [7, 11) is 1.66. The highest BCUT2D eigenvalue weighted by Crippen LogP contribution is 2.29. The number of nitrogens with zero attached hydrogens (tertiary/aromatic N) is 3. The lowest BCUT2D eigenvalue weighted by atomic mass is 9.93. The molecule has 0 atom stereocenters. The SMILES string of the molecule is COc1ccc(CCC(=O)N2CCC(c3cncc(-c4ccccc4C)n3)CC2)cc1. The molecule has 160 valence electrons. The smallest absolute Gasteiger partial charge is 0.222 e. The van der Waals surface area contributed by atoms with Crippen molar-refractivity contribution in [1.29, 1.82) is 0 Å². The number of methoxy groups -OCH3 is 1. The molecule has 0 aliphatic carbocycles. The molecule has 1 aromatic heterocycles. The van der Waals surface area contributed by atoms with Gasteiger partial charge in [0.25, 0.3) is 0 Å². The molecule has 2 aromatic carbocycles. The third kappa shape index (κ3) is 5.10. The Bertz CT molecular complexity index is 1020. The molecule has 31 heavy (non-hydrogen) atoms. The van der Waals surface area contributed by atoms with Gasteiger partial charge in [-0.25, -0.2) is 4.98 Å². The number of benzene rings is 2. The monoisotopic (exact) mass is 415 g/mol. The first-order valence-electron chi connectivity index (χ1n) is 10.9. The number of ether oxygens (including phenoxy) is 1. The van der Waals surface area contributed by atoms with Crippen LogP contribution in [0.1, 0.15) is 42.0 Å². The highest BCUT2D eigenvalue weighted by atomic mass is 16.5. The number of hydrogen-bond donors (Lipinski definition) is 0. The van der Waals surface area contributed by atoms with Gasteiger partial charge in [0.05, 0.1) is 24.7 Å². The van der Waals surface area contributed by atoms with E-state index in [1.165, 1.54) is 5.56 Å². The number of rotatable bonds is 6. The molecule has 0 spiro atoms. The molecule has 1 saturated heterocycles. The summed E-state index contributed by atoms with van der Waals surface area (Å²) < 4.78 is 5.19. The molecule has 1 aliphatic rings. The summed E-state index contributed by atoms with van der Waals surface area (Å²) in [5.74, 6) is 1.42. The molecular weight excluding hydrogens is 386 g/mol. The maximum atomic E-state index is 12.7. The maximum Gasteiger partial charge on any atom is 0.222 e. The number of likely N-dealkylation sites (tertiary alicyclic amines) is 1. The van der Waals surface area contributed by atoms with E-state index in [4.69, 9.17) is 9.72 Å². The van der Waals surface area contributed by atoms with Crippen LogP contribution in [0.2, 0.25) is 0 Å². The Balaban J connectivity index is 1.32. The average Bonchev–Trinajstić information content (AvgIpc) is 2.83. The largest absolute Gasteiger partial charge is 0.497 e. The summed E-state index contributed by atoms with van der Waals surface area (Å²) in [6.45, 7) is 3.66. The lowest BCUT2D eigenvalue weighted by molar-refractivity contribution is -0.132. The van der Waals surface area contributed by atoms with Crippen molar-refractivity contribution in [2.75, 3.05) is 20.2 Å². The molecular formula is C26H29N3O2. The maximum absolute atomic E-state index is 12.7. The van der Waals surface area contributed by atoms with Gasteiger partial charge < -0.3 is 9.64 Å². The number of piperidine rings is 1. The van der Waals surface area contributed by atoms with Crippen LogP contribution < -0.4 is 4.74 Å². The van der Waals surface area contributed by atoms with E-state index < -0.39 is 0 Å². The van der Waals surface area contributed by atoms with Crippen LogP contribution in [0.5, 0.6) is 5.75 Å². The van der Waals surface area contributed by atoms with Gasteiger partial charge >= 0.3 is 0 Å². The normalized spacial score (nSPS) is 14.5. The van der Waals surface area contributed by atoms with E-state index in [9.17, 15) is 4.79 Å². The van der Waals surface area contributed by atoms with E-state index in [0.717, 1.165) is 60.6 Å². The van der Waals surface area contributed by atoms with Gasteiger partial charge in [-0.15, -0.1) is 0 Å². The summed E-state index contributed by atoms with van der Waals surface area (Å²) in [5, 5.41) is 0. The molecule has 0 saturated carbocycles. The van der Waals surface area contributed by atoms with Crippen LogP contribution in [0, 0.1) is 6.92 Å². The minimum absolute atomic E-state index is 0.231. The second-order valence-electron chi connectivity index (χ2n) is 8.15. The van der Waals surface area contributed by atoms with Gasteiger partial charge in [0.1, 0.15) is 5.75 Å². The fourth-order valence-electron chi connectivity index (χ4n) is 4.19. The van der Waals surface area contributed by atoms with Crippen molar-refractivity contribution in [1.82, 2.24) is 14.9 Å². The molecule has 0 N–H and O–H groups in total. The summed E-state index contributed by atoms with van der Waals surface area (Å²) in [5.41, 5.74) is 5.45. The minimum atomic E-state index is 0.231. The fraction of sp³-hybridized carbons (Fsp3) is 0.346. The Morgan fingerprint density at radius 1 is 1.06 bits per heavy atom. The molecule has 0 bridgehead atoms. The number of carbonyl (C=O) groups is 1. The molecule has 3 aromatic rings. The van der Waals surface area contributed by atoms with Crippen LogP contribution >= 0.6 is 0 Å². The van der Waals surface area contributed by atoms with Crippen LogP contribution in [0.4, 0.5) is 0 Å². The van der Waals surface area contributed by atoms with Crippen LogP contribution in [0.15, 0.2) is 60.9 Å². The zero-order valence-corrected chi connectivity index (χ0v) is 18.3. The third-order valence-electron chi connectivity index (χ3n) is 6.13. The molecule has 0 radical (unpaired) electrons. The van der Waals surface area contributed by atoms with E-state index in [1.54, 1.807) is 7.11 Å². The van der Waals surface area contributed by atoms with E-state index in [0.29, 0.717) is 12.3 Å². The summed E-state index contributed by atoms with van der Waals surface area (Å²) >= 11 is 0. The second kappa shape index (κ2) is 9.73. The third-order valence-corrected chi connectivity index (χ3v) is 6.13. The number of amides is 1. The highest BCUT2D eigenvalue weighted by molar-refractivity contribution is 5.76. The van der Waals surface area contributed by atoms with E-state index in [1.807, 2.05) is 53.7 Å². The molecule has 1 aliphatic heterocycles. The lowest BCUT2D eigenvalue weighted by Gasteiger charge is -2.32. The van der Waals surface area contributed by atoms with Crippen molar-refractivity contribution in [3.63, 3.8) is 0 Å². The first kappa shape index (κ1) is 21.0. The Hall–Kier alpha value is -3.21. The molecule has 1 fully saturated rings. The Labute approximate surface area is 184 Å².